The van der Waals surface area contributed by atoms with E-state index in [4.69, 9.17) is 0 Å². The van der Waals surface area contributed by atoms with Crippen molar-refractivity contribution in [1.82, 2.24) is 15.3 Å². The Balaban J connectivity index is 1.68. The average Bonchev–Trinajstić information content (AvgIpc) is 2.69. The summed E-state index contributed by atoms with van der Waals surface area (Å²) in [6.45, 7) is 4.23. The van der Waals surface area contributed by atoms with E-state index in [1.54, 1.807) is 6.20 Å². The third-order valence-corrected chi connectivity index (χ3v) is 4.05. The first-order valence-electron chi connectivity index (χ1n) is 8.54. The molecular weight excluding hydrogens is 340 g/mol. The Bertz CT molecular complexity index is 971. The fourth-order valence-corrected chi connectivity index (χ4v) is 2.61. The molecule has 0 atom stereocenters. The average molecular weight is 360 g/mol. The van der Waals surface area contributed by atoms with Gasteiger partial charge in [0, 0.05) is 24.3 Å². The van der Waals surface area contributed by atoms with E-state index in [9.17, 15) is 9.59 Å². The summed E-state index contributed by atoms with van der Waals surface area (Å²) < 4.78 is 0. The van der Waals surface area contributed by atoms with Gasteiger partial charge >= 0.3 is 0 Å². The molecule has 6 heteroatoms. The van der Waals surface area contributed by atoms with Gasteiger partial charge < -0.3 is 10.6 Å². The van der Waals surface area contributed by atoms with Gasteiger partial charge in [0.2, 0.25) is 0 Å². The first-order valence-corrected chi connectivity index (χ1v) is 8.54. The Kier molecular flexibility index (Phi) is 5.56. The van der Waals surface area contributed by atoms with Gasteiger partial charge in [0.05, 0.1) is 23.4 Å². The fourth-order valence-electron chi connectivity index (χ4n) is 2.61. The molecule has 0 fully saturated rings. The highest BCUT2D eigenvalue weighted by molar-refractivity contribution is 6.06. The van der Waals surface area contributed by atoms with Crippen LogP contribution in [0.1, 0.15) is 37.5 Å². The maximum absolute atomic E-state index is 12.5. The van der Waals surface area contributed by atoms with Gasteiger partial charge in [-0.05, 0) is 43.7 Å². The largest absolute Gasteiger partial charge is 0.346 e. The van der Waals surface area contributed by atoms with E-state index in [0.29, 0.717) is 17.7 Å². The van der Waals surface area contributed by atoms with Crippen molar-refractivity contribution < 1.29 is 9.59 Å². The maximum Gasteiger partial charge on any atom is 0.257 e. The number of aryl methyl sites for hydroxylation is 2. The van der Waals surface area contributed by atoms with Crippen LogP contribution < -0.4 is 10.6 Å². The smallest absolute Gasteiger partial charge is 0.257 e. The zero-order chi connectivity index (χ0) is 19.2. The number of aromatic nitrogens is 2. The van der Waals surface area contributed by atoms with Crippen LogP contribution >= 0.6 is 0 Å². The maximum atomic E-state index is 12.5. The number of nitrogens with zero attached hydrogens (tertiary/aromatic N) is 2. The van der Waals surface area contributed by atoms with Crippen LogP contribution in [0.25, 0.3) is 0 Å². The molecule has 2 N–H and O–H groups in total. The Morgan fingerprint density at radius 2 is 1.74 bits per heavy atom. The van der Waals surface area contributed by atoms with Crippen LogP contribution in [0.5, 0.6) is 0 Å². The van der Waals surface area contributed by atoms with Crippen molar-refractivity contribution in [1.29, 1.82) is 0 Å². The molecule has 0 saturated carbocycles. The second kappa shape index (κ2) is 8.23. The monoisotopic (exact) mass is 360 g/mol. The number of rotatable bonds is 5. The zero-order valence-corrected chi connectivity index (χ0v) is 15.2. The number of nitrogens with one attached hydrogen (secondary N) is 2. The lowest BCUT2D eigenvalue weighted by Gasteiger charge is -2.10. The van der Waals surface area contributed by atoms with Gasteiger partial charge in [0.15, 0.2) is 0 Å². The summed E-state index contributed by atoms with van der Waals surface area (Å²) in [7, 11) is 0. The van der Waals surface area contributed by atoms with Crippen LogP contribution in [0.4, 0.5) is 5.69 Å². The van der Waals surface area contributed by atoms with Crippen molar-refractivity contribution in [3.05, 3.63) is 89.0 Å². The summed E-state index contributed by atoms with van der Waals surface area (Å²) in [6.07, 6.45) is 4.54. The van der Waals surface area contributed by atoms with Gasteiger partial charge in [-0.25, -0.2) is 0 Å². The molecule has 3 aromatic rings. The lowest BCUT2D eigenvalue weighted by molar-refractivity contribution is 0.0950. The van der Waals surface area contributed by atoms with Crippen LogP contribution in [-0.4, -0.2) is 21.8 Å². The molecule has 0 spiro atoms. The van der Waals surface area contributed by atoms with Gasteiger partial charge in [-0.15, -0.1) is 0 Å². The van der Waals surface area contributed by atoms with Gasteiger partial charge in [-0.3, -0.25) is 19.6 Å². The van der Waals surface area contributed by atoms with E-state index in [0.717, 1.165) is 22.5 Å². The molecule has 2 aromatic heterocycles. The highest BCUT2D eigenvalue weighted by Crippen LogP contribution is 2.17. The fraction of sp³-hybridized carbons (Fsp3) is 0.143. The standard InChI is InChI=1S/C21H20N4O2/c1-14-6-7-19(15(2)9-14)25-21(27)17-10-16(11-22-12-17)20(26)24-13-18-5-3-4-8-23-18/h3-12H,13H2,1-2H3,(H,24,26)(H,25,27). The molecular formula is C21H20N4O2. The Labute approximate surface area is 157 Å². The number of amides is 2. The van der Waals surface area contributed by atoms with E-state index >= 15 is 0 Å². The topological polar surface area (TPSA) is 84.0 Å². The second-order valence-corrected chi connectivity index (χ2v) is 6.24. The van der Waals surface area contributed by atoms with Gasteiger partial charge in [0.1, 0.15) is 0 Å². The third-order valence-electron chi connectivity index (χ3n) is 4.05. The first-order chi connectivity index (χ1) is 13.0. The normalized spacial score (nSPS) is 10.3. The first kappa shape index (κ1) is 18.3. The van der Waals surface area contributed by atoms with Crippen LogP contribution in [-0.2, 0) is 6.54 Å². The predicted octanol–water partition coefficient (Wildman–Crippen LogP) is 3.28. The number of hydrogen-bond acceptors (Lipinski definition) is 4. The number of carbonyl (C=O) groups is 2. The molecule has 0 aliphatic carbocycles. The summed E-state index contributed by atoms with van der Waals surface area (Å²) >= 11 is 0. The summed E-state index contributed by atoms with van der Waals surface area (Å²) in [5.41, 5.74) is 4.22. The number of carbonyl (C=O) groups excluding carboxylic acids is 2. The number of anilines is 1. The molecule has 3 rings (SSSR count). The Morgan fingerprint density at radius 3 is 2.44 bits per heavy atom. The molecule has 27 heavy (non-hydrogen) atoms. The molecule has 136 valence electrons. The van der Waals surface area contributed by atoms with Crippen molar-refractivity contribution >= 4 is 17.5 Å². The van der Waals surface area contributed by atoms with E-state index in [-0.39, 0.29) is 11.8 Å². The highest BCUT2D eigenvalue weighted by atomic mass is 16.2. The van der Waals surface area contributed by atoms with Crippen molar-refractivity contribution in [2.24, 2.45) is 0 Å². The number of pyridine rings is 2. The van der Waals surface area contributed by atoms with Crippen molar-refractivity contribution in [2.45, 2.75) is 20.4 Å². The lowest BCUT2D eigenvalue weighted by atomic mass is 10.1. The van der Waals surface area contributed by atoms with Gasteiger partial charge in [0.25, 0.3) is 11.8 Å². The molecule has 0 bridgehead atoms. The predicted molar refractivity (Wildman–Crippen MR) is 104 cm³/mol. The Hall–Kier alpha value is -3.54. The SMILES string of the molecule is Cc1ccc(NC(=O)c2cncc(C(=O)NCc3ccccn3)c2)c(C)c1. The van der Waals surface area contributed by atoms with Gasteiger partial charge in [-0.1, -0.05) is 23.8 Å². The molecule has 0 unspecified atom stereocenters. The minimum Gasteiger partial charge on any atom is -0.346 e. The molecule has 2 heterocycles. The molecule has 2 amide bonds. The Morgan fingerprint density at radius 1 is 0.963 bits per heavy atom. The van der Waals surface area contributed by atoms with E-state index in [1.807, 2.05) is 50.2 Å². The van der Waals surface area contributed by atoms with Crippen LogP contribution in [0.15, 0.2) is 61.1 Å². The number of hydrogen-bond donors (Lipinski definition) is 2. The summed E-state index contributed by atoms with van der Waals surface area (Å²) in [4.78, 5) is 33.0. The molecule has 0 radical (unpaired) electrons. The number of benzene rings is 1. The van der Waals surface area contributed by atoms with Gasteiger partial charge in [-0.2, -0.15) is 0 Å². The summed E-state index contributed by atoms with van der Waals surface area (Å²) in [6, 6.07) is 12.8. The second-order valence-electron chi connectivity index (χ2n) is 6.24. The summed E-state index contributed by atoms with van der Waals surface area (Å²) in [5.74, 6) is -0.622. The summed E-state index contributed by atoms with van der Waals surface area (Å²) in [5, 5.41) is 5.63. The molecule has 6 nitrogen and oxygen atoms in total. The molecule has 0 saturated heterocycles. The molecule has 0 aliphatic heterocycles. The van der Waals surface area contributed by atoms with Crippen LogP contribution in [0.2, 0.25) is 0 Å². The van der Waals surface area contributed by atoms with Crippen LogP contribution in [0, 0.1) is 13.8 Å². The minimum atomic E-state index is -0.311. The quantitative estimate of drug-likeness (QED) is 0.731. The van der Waals surface area contributed by atoms with Crippen molar-refractivity contribution in [2.75, 3.05) is 5.32 Å². The van der Waals surface area contributed by atoms with E-state index in [1.165, 1.54) is 18.5 Å². The van der Waals surface area contributed by atoms with Crippen molar-refractivity contribution in [3.63, 3.8) is 0 Å². The lowest BCUT2D eigenvalue weighted by Crippen LogP contribution is -2.24. The van der Waals surface area contributed by atoms with E-state index in [2.05, 4.69) is 20.6 Å². The van der Waals surface area contributed by atoms with E-state index < -0.39 is 0 Å². The minimum absolute atomic E-state index is 0.304. The zero-order valence-electron chi connectivity index (χ0n) is 15.2. The van der Waals surface area contributed by atoms with Crippen LogP contribution in [0.3, 0.4) is 0 Å². The molecule has 1 aromatic carbocycles. The third kappa shape index (κ3) is 4.76. The van der Waals surface area contributed by atoms with Crippen molar-refractivity contribution in [3.8, 4) is 0 Å². The highest BCUT2D eigenvalue weighted by Gasteiger charge is 2.12. The molecule has 0 aliphatic rings.